The van der Waals surface area contributed by atoms with Crippen LogP contribution in [0.4, 0.5) is 0 Å². The molecule has 25 heavy (non-hydrogen) atoms. The zero-order valence-corrected chi connectivity index (χ0v) is 20.3. The van der Waals surface area contributed by atoms with Gasteiger partial charge in [-0.3, -0.25) is 0 Å². The molecule has 0 heterocycles. The first kappa shape index (κ1) is 29.9. The molecule has 0 saturated carbocycles. The van der Waals surface area contributed by atoms with Crippen LogP contribution in [0.25, 0.3) is 0 Å². The maximum atomic E-state index is 7.56. The quantitative estimate of drug-likeness (QED) is 0.253. The van der Waals surface area contributed by atoms with Crippen molar-refractivity contribution in [3.8, 4) is 0 Å². The average molecular weight is 478 g/mol. The number of hydrogen-bond acceptors (Lipinski definition) is 2. The van der Waals surface area contributed by atoms with Crippen LogP contribution in [-0.4, -0.2) is 29.4 Å². The fourth-order valence-electron chi connectivity index (χ4n) is 1.07. The van der Waals surface area contributed by atoms with Crippen LogP contribution in [0, 0.1) is 13.8 Å². The van der Waals surface area contributed by atoms with Gasteiger partial charge >= 0.3 is 13.4 Å². The summed E-state index contributed by atoms with van der Waals surface area (Å²) in [6.07, 6.45) is 0. The Hall–Kier alpha value is 0.123. The summed E-state index contributed by atoms with van der Waals surface area (Å²) < 4.78 is 0. The van der Waals surface area contributed by atoms with E-state index in [1.165, 1.54) is 11.1 Å². The van der Waals surface area contributed by atoms with Crippen molar-refractivity contribution in [1.82, 2.24) is 0 Å². The standard InChI is InChI=1S/2C7H8.2H3O3PS.Zn/c2*1-7-5-3-2-4-6-7;2*1-4(2,3)5;/h2*2-6H,1H3;2*(H3,1,2,3,5);. The second-order valence-corrected chi connectivity index (χ2v) is 9.33. The van der Waals surface area contributed by atoms with E-state index in [0.29, 0.717) is 0 Å². The van der Waals surface area contributed by atoms with Crippen LogP contribution < -0.4 is 0 Å². The van der Waals surface area contributed by atoms with Gasteiger partial charge in [0.05, 0.1) is 0 Å². The van der Waals surface area contributed by atoms with Gasteiger partial charge in [0.1, 0.15) is 0 Å². The summed E-state index contributed by atoms with van der Waals surface area (Å²) in [7, 11) is 0. The zero-order chi connectivity index (χ0) is 19.2. The number of aryl methyl sites for hydroxylation is 2. The Bertz CT molecular complexity index is 560. The molecular formula is C14H22O6P2S2Zn. The molecule has 0 atom stereocenters. The smallest absolute Gasteiger partial charge is 0.319 e. The van der Waals surface area contributed by atoms with Gasteiger partial charge in [-0.05, 0) is 37.5 Å². The van der Waals surface area contributed by atoms with Gasteiger partial charge in [0.2, 0.25) is 0 Å². The van der Waals surface area contributed by atoms with Gasteiger partial charge in [-0.25, -0.2) is 0 Å². The summed E-state index contributed by atoms with van der Waals surface area (Å²) in [5, 5.41) is 0. The molecule has 11 heteroatoms. The zero-order valence-electron chi connectivity index (χ0n) is 13.9. The molecule has 0 amide bonds. The molecule has 138 valence electrons. The van der Waals surface area contributed by atoms with Crippen molar-refractivity contribution in [3.05, 3.63) is 71.8 Å². The minimum Gasteiger partial charge on any atom is -0.325 e. The summed E-state index contributed by atoms with van der Waals surface area (Å²) in [4.78, 5) is 45.3. The Balaban J connectivity index is -0.000000259. The predicted octanol–water partition coefficient (Wildman–Crippen LogP) is 2.36. The molecule has 0 radical (unpaired) electrons. The Morgan fingerprint density at radius 3 is 0.800 bits per heavy atom. The monoisotopic (exact) mass is 476 g/mol. The molecule has 0 aliphatic rings. The molecule has 2 aromatic carbocycles. The van der Waals surface area contributed by atoms with Crippen LogP contribution in [0.15, 0.2) is 60.7 Å². The van der Waals surface area contributed by atoms with Crippen LogP contribution in [0.2, 0.25) is 0 Å². The van der Waals surface area contributed by atoms with E-state index >= 15 is 0 Å². The fraction of sp³-hybridized carbons (Fsp3) is 0.143. The molecule has 2 rings (SSSR count). The Morgan fingerprint density at radius 2 is 0.720 bits per heavy atom. The molecule has 6 N–H and O–H groups in total. The second kappa shape index (κ2) is 16.3. The van der Waals surface area contributed by atoms with Crippen molar-refractivity contribution in [2.45, 2.75) is 13.8 Å². The van der Waals surface area contributed by atoms with Crippen molar-refractivity contribution >= 4 is 37.1 Å². The summed E-state index contributed by atoms with van der Waals surface area (Å²) >= 11 is 7.21. The van der Waals surface area contributed by atoms with E-state index in [9.17, 15) is 0 Å². The maximum absolute atomic E-state index is 7.56. The van der Waals surface area contributed by atoms with Crippen molar-refractivity contribution in [1.29, 1.82) is 0 Å². The largest absolute Gasteiger partial charge is 0.325 e. The van der Waals surface area contributed by atoms with E-state index in [1.807, 2.05) is 36.4 Å². The minimum atomic E-state index is -3.81. The van der Waals surface area contributed by atoms with Gasteiger partial charge in [-0.15, -0.1) is 0 Å². The number of benzene rings is 2. The fourth-order valence-corrected chi connectivity index (χ4v) is 1.07. The average Bonchev–Trinajstić information content (AvgIpc) is 2.37. The van der Waals surface area contributed by atoms with Crippen molar-refractivity contribution in [2.75, 3.05) is 0 Å². The van der Waals surface area contributed by atoms with Gasteiger partial charge in [0.15, 0.2) is 0 Å². The molecule has 0 saturated heterocycles. The van der Waals surface area contributed by atoms with Gasteiger partial charge in [-0.1, -0.05) is 71.8 Å². The summed E-state index contributed by atoms with van der Waals surface area (Å²) in [6.45, 7) is -3.44. The molecule has 0 bridgehead atoms. The Morgan fingerprint density at radius 1 is 0.560 bits per heavy atom. The maximum Gasteiger partial charge on any atom is 0.319 e. The van der Waals surface area contributed by atoms with Crippen LogP contribution in [0.3, 0.4) is 0 Å². The van der Waals surface area contributed by atoms with Crippen molar-refractivity contribution in [2.24, 2.45) is 0 Å². The third kappa shape index (κ3) is 45.4. The number of hydrogen-bond donors (Lipinski definition) is 6. The molecule has 0 aromatic heterocycles. The summed E-state index contributed by atoms with van der Waals surface area (Å²) in [6, 6.07) is 20.5. The van der Waals surface area contributed by atoms with E-state index in [0.717, 1.165) is 0 Å². The predicted molar refractivity (Wildman–Crippen MR) is 104 cm³/mol. The molecule has 0 aliphatic heterocycles. The topological polar surface area (TPSA) is 121 Å². The first-order valence-electron chi connectivity index (χ1n) is 6.39. The first-order valence-corrected chi connectivity index (χ1v) is 11.7. The van der Waals surface area contributed by atoms with Gasteiger partial charge in [0.25, 0.3) is 0 Å². The van der Waals surface area contributed by atoms with Crippen LogP contribution in [0.1, 0.15) is 11.1 Å². The second-order valence-electron chi connectivity index (χ2n) is 4.34. The number of rotatable bonds is 0. The van der Waals surface area contributed by atoms with E-state index in [4.69, 9.17) is 29.4 Å². The summed E-state index contributed by atoms with van der Waals surface area (Å²) in [5.74, 6) is 0. The normalized spacial score (nSPS) is 9.60. The molecule has 0 unspecified atom stereocenters. The molecule has 2 aromatic rings. The Kier molecular flexibility index (Phi) is 19.5. The van der Waals surface area contributed by atoms with E-state index in [-0.39, 0.29) is 19.5 Å². The minimum absolute atomic E-state index is 0. The van der Waals surface area contributed by atoms with Crippen LogP contribution in [-0.2, 0) is 43.1 Å². The molecule has 0 spiro atoms. The van der Waals surface area contributed by atoms with Crippen molar-refractivity contribution in [3.63, 3.8) is 0 Å². The van der Waals surface area contributed by atoms with Crippen LogP contribution >= 0.6 is 13.4 Å². The van der Waals surface area contributed by atoms with Crippen LogP contribution in [0.5, 0.6) is 0 Å². The van der Waals surface area contributed by atoms with Crippen molar-refractivity contribution < 1.29 is 48.8 Å². The molecule has 6 nitrogen and oxygen atoms in total. The molecule has 0 aliphatic carbocycles. The Labute approximate surface area is 171 Å². The third-order valence-corrected chi connectivity index (χ3v) is 1.88. The van der Waals surface area contributed by atoms with E-state index < -0.39 is 13.4 Å². The first-order chi connectivity index (χ1) is 10.8. The van der Waals surface area contributed by atoms with Gasteiger partial charge in [0, 0.05) is 19.5 Å². The SMILES string of the molecule is Cc1ccccc1.Cc1ccccc1.OP(O)(O)=S.OP(O)(O)=S.[Zn]. The molecule has 0 fully saturated rings. The van der Waals surface area contributed by atoms with E-state index in [1.54, 1.807) is 0 Å². The summed E-state index contributed by atoms with van der Waals surface area (Å²) in [5.41, 5.74) is 2.64. The molecular weight excluding hydrogens is 456 g/mol. The third-order valence-electron chi connectivity index (χ3n) is 1.88. The van der Waals surface area contributed by atoms with E-state index in [2.05, 4.69) is 61.7 Å². The van der Waals surface area contributed by atoms with Gasteiger partial charge < -0.3 is 29.4 Å². The van der Waals surface area contributed by atoms with Gasteiger partial charge in [-0.2, -0.15) is 0 Å².